The standard InChI is InChI=1S/C20H25N9O/c1-20(2,3)26-13-9-15(24-19-12(13)11-22-29(19)5)23-16-10-14(27-28(16)4)18-21-8-7-17(25-18)30-6/h7-11H,1-6H3,(H2,23,24,26). The summed E-state index contributed by atoms with van der Waals surface area (Å²) in [5, 5.41) is 16.7. The maximum atomic E-state index is 5.18. The quantitative estimate of drug-likeness (QED) is 0.520. The lowest BCUT2D eigenvalue weighted by Gasteiger charge is -2.23. The molecule has 4 aromatic heterocycles. The first kappa shape index (κ1) is 19.6. The number of fused-ring (bicyclic) bond motifs is 1. The van der Waals surface area contributed by atoms with Gasteiger partial charge in [-0.25, -0.2) is 9.97 Å². The summed E-state index contributed by atoms with van der Waals surface area (Å²) in [7, 11) is 5.30. The van der Waals surface area contributed by atoms with E-state index in [1.807, 2.05) is 32.4 Å². The van der Waals surface area contributed by atoms with Gasteiger partial charge in [0.05, 0.1) is 24.4 Å². The molecule has 0 aliphatic carbocycles. The monoisotopic (exact) mass is 407 g/mol. The lowest BCUT2D eigenvalue weighted by atomic mass is 10.1. The van der Waals surface area contributed by atoms with Crippen LogP contribution in [0.3, 0.4) is 0 Å². The molecule has 0 bridgehead atoms. The van der Waals surface area contributed by atoms with Gasteiger partial charge in [0.15, 0.2) is 11.5 Å². The van der Waals surface area contributed by atoms with Crippen LogP contribution in [0, 0.1) is 0 Å². The summed E-state index contributed by atoms with van der Waals surface area (Å²) in [6.45, 7) is 6.35. The number of hydrogen-bond donors (Lipinski definition) is 2. The number of ether oxygens (including phenoxy) is 1. The predicted molar refractivity (Wildman–Crippen MR) is 116 cm³/mol. The number of anilines is 3. The lowest BCUT2D eigenvalue weighted by Crippen LogP contribution is -2.26. The van der Waals surface area contributed by atoms with E-state index in [9.17, 15) is 0 Å². The first-order valence-corrected chi connectivity index (χ1v) is 9.53. The largest absolute Gasteiger partial charge is 0.481 e. The molecule has 4 rings (SSSR count). The molecule has 0 saturated carbocycles. The fourth-order valence-corrected chi connectivity index (χ4v) is 3.09. The van der Waals surface area contributed by atoms with Crippen LogP contribution in [0.4, 0.5) is 17.3 Å². The lowest BCUT2D eigenvalue weighted by molar-refractivity contribution is 0.397. The zero-order valence-corrected chi connectivity index (χ0v) is 17.9. The first-order valence-electron chi connectivity index (χ1n) is 9.53. The highest BCUT2D eigenvalue weighted by molar-refractivity contribution is 5.91. The van der Waals surface area contributed by atoms with Gasteiger partial charge in [-0.1, -0.05) is 0 Å². The Morgan fingerprint density at radius 1 is 1.07 bits per heavy atom. The number of pyridine rings is 1. The summed E-state index contributed by atoms with van der Waals surface area (Å²) in [5.41, 5.74) is 2.27. The molecule has 0 aliphatic heterocycles. The minimum Gasteiger partial charge on any atom is -0.481 e. The molecule has 30 heavy (non-hydrogen) atoms. The van der Waals surface area contributed by atoms with Crippen molar-refractivity contribution in [1.82, 2.24) is 34.5 Å². The minimum atomic E-state index is -0.106. The van der Waals surface area contributed by atoms with E-state index in [1.165, 1.54) is 0 Å². The van der Waals surface area contributed by atoms with E-state index in [1.54, 1.807) is 28.7 Å². The molecular formula is C20H25N9O. The van der Waals surface area contributed by atoms with Gasteiger partial charge in [-0.05, 0) is 20.8 Å². The van der Waals surface area contributed by atoms with E-state index >= 15 is 0 Å². The predicted octanol–water partition coefficient (Wildman–Crippen LogP) is 3.12. The maximum Gasteiger partial charge on any atom is 0.216 e. The van der Waals surface area contributed by atoms with Crippen molar-refractivity contribution >= 4 is 28.4 Å². The van der Waals surface area contributed by atoms with E-state index in [0.29, 0.717) is 23.2 Å². The molecule has 0 amide bonds. The second-order valence-corrected chi connectivity index (χ2v) is 8.02. The zero-order valence-electron chi connectivity index (χ0n) is 17.9. The van der Waals surface area contributed by atoms with E-state index in [-0.39, 0.29) is 5.54 Å². The van der Waals surface area contributed by atoms with Crippen LogP contribution in [0.15, 0.2) is 30.6 Å². The van der Waals surface area contributed by atoms with Gasteiger partial charge in [-0.15, -0.1) is 0 Å². The number of rotatable bonds is 5. The van der Waals surface area contributed by atoms with Crippen LogP contribution in [0.2, 0.25) is 0 Å². The number of methoxy groups -OCH3 is 1. The van der Waals surface area contributed by atoms with Gasteiger partial charge in [0.1, 0.15) is 17.3 Å². The molecule has 0 radical (unpaired) electrons. The number of nitrogens with one attached hydrogen (secondary N) is 2. The summed E-state index contributed by atoms with van der Waals surface area (Å²) in [4.78, 5) is 13.4. The van der Waals surface area contributed by atoms with E-state index < -0.39 is 0 Å². The molecule has 0 aliphatic rings. The normalized spacial score (nSPS) is 11.7. The Kier molecular flexibility index (Phi) is 4.76. The highest BCUT2D eigenvalue weighted by Gasteiger charge is 2.17. The summed E-state index contributed by atoms with van der Waals surface area (Å²) < 4.78 is 8.66. The van der Waals surface area contributed by atoms with Crippen molar-refractivity contribution in [2.75, 3.05) is 17.7 Å². The van der Waals surface area contributed by atoms with Gasteiger partial charge in [-0.3, -0.25) is 9.36 Å². The van der Waals surface area contributed by atoms with Crippen molar-refractivity contribution in [3.05, 3.63) is 30.6 Å². The molecule has 10 nitrogen and oxygen atoms in total. The summed E-state index contributed by atoms with van der Waals surface area (Å²) >= 11 is 0. The molecule has 10 heteroatoms. The molecule has 0 saturated heterocycles. The van der Waals surface area contributed by atoms with Crippen molar-refractivity contribution in [3.63, 3.8) is 0 Å². The van der Waals surface area contributed by atoms with Gasteiger partial charge in [0.25, 0.3) is 0 Å². The maximum absolute atomic E-state index is 5.18. The van der Waals surface area contributed by atoms with Crippen LogP contribution < -0.4 is 15.4 Å². The highest BCUT2D eigenvalue weighted by atomic mass is 16.5. The Labute approximate surface area is 174 Å². The third kappa shape index (κ3) is 3.88. The summed E-state index contributed by atoms with van der Waals surface area (Å²) in [5.74, 6) is 2.41. The molecule has 4 heterocycles. The second kappa shape index (κ2) is 7.29. The molecule has 0 spiro atoms. The SMILES string of the molecule is COc1ccnc(-c2cc(Nc3cc(NC(C)(C)C)c4cnn(C)c4n3)n(C)n2)n1. The topological polar surface area (TPSA) is 108 Å². The van der Waals surface area contributed by atoms with Gasteiger partial charge in [0, 0.05) is 44.0 Å². The number of nitrogens with zero attached hydrogens (tertiary/aromatic N) is 7. The third-order valence-corrected chi connectivity index (χ3v) is 4.42. The summed E-state index contributed by atoms with van der Waals surface area (Å²) in [6, 6.07) is 5.55. The Morgan fingerprint density at radius 2 is 1.87 bits per heavy atom. The van der Waals surface area contributed by atoms with Crippen LogP contribution in [-0.4, -0.2) is 47.2 Å². The van der Waals surface area contributed by atoms with Crippen molar-refractivity contribution in [1.29, 1.82) is 0 Å². The van der Waals surface area contributed by atoms with Gasteiger partial charge in [-0.2, -0.15) is 15.2 Å². The van der Waals surface area contributed by atoms with E-state index in [4.69, 9.17) is 9.72 Å². The smallest absolute Gasteiger partial charge is 0.216 e. The fourth-order valence-electron chi connectivity index (χ4n) is 3.09. The Bertz CT molecular complexity index is 1200. The van der Waals surface area contributed by atoms with Crippen LogP contribution in [0.5, 0.6) is 5.88 Å². The Hall–Kier alpha value is -3.69. The van der Waals surface area contributed by atoms with E-state index in [2.05, 4.69) is 51.6 Å². The summed E-state index contributed by atoms with van der Waals surface area (Å²) in [6.07, 6.45) is 3.47. The fraction of sp³-hybridized carbons (Fsp3) is 0.350. The Balaban J connectivity index is 1.70. The molecule has 0 aromatic carbocycles. The van der Waals surface area contributed by atoms with Crippen LogP contribution in [-0.2, 0) is 14.1 Å². The van der Waals surface area contributed by atoms with Crippen LogP contribution >= 0.6 is 0 Å². The van der Waals surface area contributed by atoms with Crippen molar-refractivity contribution in [3.8, 4) is 17.4 Å². The number of hydrogen-bond acceptors (Lipinski definition) is 8. The molecule has 156 valence electrons. The van der Waals surface area contributed by atoms with Crippen LogP contribution in [0.1, 0.15) is 20.8 Å². The number of aromatic nitrogens is 7. The first-order chi connectivity index (χ1) is 14.2. The van der Waals surface area contributed by atoms with Crippen LogP contribution in [0.25, 0.3) is 22.6 Å². The zero-order chi connectivity index (χ0) is 21.5. The van der Waals surface area contributed by atoms with Gasteiger partial charge in [0.2, 0.25) is 5.88 Å². The van der Waals surface area contributed by atoms with E-state index in [0.717, 1.165) is 22.5 Å². The Morgan fingerprint density at radius 3 is 2.60 bits per heavy atom. The van der Waals surface area contributed by atoms with Crippen molar-refractivity contribution < 1.29 is 4.74 Å². The molecule has 0 unspecified atom stereocenters. The molecule has 0 fully saturated rings. The van der Waals surface area contributed by atoms with Crippen molar-refractivity contribution in [2.45, 2.75) is 26.3 Å². The van der Waals surface area contributed by atoms with Gasteiger partial charge < -0.3 is 15.4 Å². The highest BCUT2D eigenvalue weighted by Crippen LogP contribution is 2.29. The average molecular weight is 407 g/mol. The number of aryl methyl sites for hydroxylation is 2. The third-order valence-electron chi connectivity index (χ3n) is 4.42. The average Bonchev–Trinajstić information content (AvgIpc) is 3.24. The van der Waals surface area contributed by atoms with Gasteiger partial charge >= 0.3 is 0 Å². The molecule has 4 aromatic rings. The molecule has 0 atom stereocenters. The second-order valence-electron chi connectivity index (χ2n) is 8.02. The molecule has 2 N–H and O–H groups in total. The minimum absolute atomic E-state index is 0.106. The van der Waals surface area contributed by atoms with Crippen molar-refractivity contribution in [2.24, 2.45) is 14.1 Å². The molecular weight excluding hydrogens is 382 g/mol.